The number of nitrogens with zero attached hydrogens (tertiary/aromatic N) is 2. The molecule has 20 heavy (non-hydrogen) atoms. The number of aliphatic hydroxyl groups excluding tert-OH is 1. The first-order chi connectivity index (χ1) is 9.85. The Bertz CT molecular complexity index is 546. The molecule has 0 aliphatic rings. The first-order valence-electron chi connectivity index (χ1n) is 6.62. The highest BCUT2D eigenvalue weighted by Crippen LogP contribution is 2.26. The zero-order chi connectivity index (χ0) is 14.2. The molecule has 0 aliphatic carbocycles. The zero-order valence-electron chi connectivity index (χ0n) is 11.5. The number of methoxy groups -OCH3 is 1. The van der Waals surface area contributed by atoms with Crippen LogP contribution in [0, 0.1) is 0 Å². The Hall–Kier alpha value is -1.98. The van der Waals surface area contributed by atoms with E-state index in [1.165, 1.54) is 0 Å². The van der Waals surface area contributed by atoms with Crippen LogP contribution in [0.1, 0.15) is 12.1 Å². The van der Waals surface area contributed by atoms with Crippen molar-refractivity contribution in [1.82, 2.24) is 15.3 Å². The second-order valence-electron chi connectivity index (χ2n) is 4.33. The average molecular weight is 273 g/mol. The fourth-order valence-electron chi connectivity index (χ4n) is 1.87. The van der Waals surface area contributed by atoms with Gasteiger partial charge in [-0.3, -0.25) is 0 Å². The quantitative estimate of drug-likeness (QED) is 0.750. The van der Waals surface area contributed by atoms with E-state index in [1.54, 1.807) is 13.3 Å². The second kappa shape index (κ2) is 7.57. The summed E-state index contributed by atoms with van der Waals surface area (Å²) in [5, 5.41) is 12.0. The molecule has 106 valence electrons. The van der Waals surface area contributed by atoms with Crippen LogP contribution in [0.3, 0.4) is 0 Å². The molecule has 5 heteroatoms. The van der Waals surface area contributed by atoms with Gasteiger partial charge in [-0.25, -0.2) is 9.97 Å². The molecular formula is C15H19N3O2. The lowest BCUT2D eigenvalue weighted by Crippen LogP contribution is -2.16. The van der Waals surface area contributed by atoms with Crippen molar-refractivity contribution in [2.45, 2.75) is 13.0 Å². The van der Waals surface area contributed by atoms with Crippen LogP contribution in [0.5, 0.6) is 5.75 Å². The Morgan fingerprint density at radius 2 is 2.10 bits per heavy atom. The van der Waals surface area contributed by atoms with Gasteiger partial charge in [-0.15, -0.1) is 0 Å². The van der Waals surface area contributed by atoms with Gasteiger partial charge in [-0.2, -0.15) is 0 Å². The predicted molar refractivity (Wildman–Crippen MR) is 77.4 cm³/mol. The molecule has 2 N–H and O–H groups in total. The summed E-state index contributed by atoms with van der Waals surface area (Å²) >= 11 is 0. The van der Waals surface area contributed by atoms with Crippen LogP contribution in [-0.4, -0.2) is 35.3 Å². The van der Waals surface area contributed by atoms with Gasteiger partial charge in [0.05, 0.1) is 18.4 Å². The molecule has 2 rings (SSSR count). The Kier molecular flexibility index (Phi) is 5.46. The van der Waals surface area contributed by atoms with Gasteiger partial charge in [0.1, 0.15) is 5.75 Å². The number of nitrogens with one attached hydrogen (secondary N) is 1. The van der Waals surface area contributed by atoms with Crippen molar-refractivity contribution >= 4 is 0 Å². The average Bonchev–Trinajstić information content (AvgIpc) is 2.52. The van der Waals surface area contributed by atoms with Gasteiger partial charge >= 0.3 is 0 Å². The van der Waals surface area contributed by atoms with Gasteiger partial charge in [-0.05, 0) is 31.2 Å². The number of hydrogen-bond acceptors (Lipinski definition) is 5. The van der Waals surface area contributed by atoms with Gasteiger partial charge < -0.3 is 15.2 Å². The highest BCUT2D eigenvalue weighted by Gasteiger charge is 2.08. The van der Waals surface area contributed by atoms with Gasteiger partial charge in [0, 0.05) is 19.3 Å². The maximum Gasteiger partial charge on any atom is 0.163 e. The van der Waals surface area contributed by atoms with E-state index in [1.807, 2.05) is 30.3 Å². The van der Waals surface area contributed by atoms with Crippen molar-refractivity contribution in [3.63, 3.8) is 0 Å². The zero-order valence-corrected chi connectivity index (χ0v) is 11.5. The number of aromatic nitrogens is 2. The third-order valence-corrected chi connectivity index (χ3v) is 2.88. The molecule has 0 fully saturated rings. The summed E-state index contributed by atoms with van der Waals surface area (Å²) < 4.78 is 5.33. The summed E-state index contributed by atoms with van der Waals surface area (Å²) in [4.78, 5) is 8.84. The van der Waals surface area contributed by atoms with Crippen molar-refractivity contribution in [3.8, 4) is 17.1 Å². The normalized spacial score (nSPS) is 10.5. The molecular weight excluding hydrogens is 254 g/mol. The summed E-state index contributed by atoms with van der Waals surface area (Å²) in [6.07, 6.45) is 2.49. The van der Waals surface area contributed by atoms with E-state index in [2.05, 4.69) is 15.3 Å². The maximum atomic E-state index is 8.73. The van der Waals surface area contributed by atoms with Crippen LogP contribution in [0.2, 0.25) is 0 Å². The Labute approximate surface area is 118 Å². The van der Waals surface area contributed by atoms with Gasteiger partial charge in [0.25, 0.3) is 0 Å². The Morgan fingerprint density at radius 3 is 2.90 bits per heavy atom. The molecule has 1 aromatic heterocycles. The molecule has 0 amide bonds. The first-order valence-corrected chi connectivity index (χ1v) is 6.62. The molecule has 0 unspecified atom stereocenters. The standard InChI is InChI=1S/C15H19N3O2/c1-20-14-6-3-2-5-13(14)15-17-9-7-12(18-15)11-16-8-4-10-19/h2-3,5-7,9,16,19H,4,8,10-11H2,1H3. The lowest BCUT2D eigenvalue weighted by molar-refractivity contribution is 0.286. The highest BCUT2D eigenvalue weighted by molar-refractivity contribution is 5.63. The minimum absolute atomic E-state index is 0.198. The molecule has 0 bridgehead atoms. The molecule has 0 saturated heterocycles. The van der Waals surface area contributed by atoms with Crippen molar-refractivity contribution < 1.29 is 9.84 Å². The van der Waals surface area contributed by atoms with E-state index >= 15 is 0 Å². The summed E-state index contributed by atoms with van der Waals surface area (Å²) in [7, 11) is 1.64. The lowest BCUT2D eigenvalue weighted by Gasteiger charge is -2.08. The van der Waals surface area contributed by atoms with Gasteiger partial charge in [0.2, 0.25) is 0 Å². The number of hydrogen-bond donors (Lipinski definition) is 2. The fourth-order valence-corrected chi connectivity index (χ4v) is 1.87. The van der Waals surface area contributed by atoms with Crippen molar-refractivity contribution in [2.75, 3.05) is 20.3 Å². The minimum Gasteiger partial charge on any atom is -0.496 e. The van der Waals surface area contributed by atoms with E-state index in [4.69, 9.17) is 9.84 Å². The van der Waals surface area contributed by atoms with Crippen LogP contribution in [0.4, 0.5) is 0 Å². The fraction of sp³-hybridized carbons (Fsp3) is 0.333. The van der Waals surface area contributed by atoms with Crippen LogP contribution in [0.15, 0.2) is 36.5 Å². The van der Waals surface area contributed by atoms with E-state index in [0.29, 0.717) is 12.4 Å². The smallest absolute Gasteiger partial charge is 0.163 e. The van der Waals surface area contributed by atoms with Crippen LogP contribution in [-0.2, 0) is 6.54 Å². The SMILES string of the molecule is COc1ccccc1-c1nccc(CNCCCO)n1. The molecule has 1 aromatic carbocycles. The Balaban J connectivity index is 2.13. The topological polar surface area (TPSA) is 67.3 Å². The van der Waals surface area contributed by atoms with Crippen molar-refractivity contribution in [2.24, 2.45) is 0 Å². The summed E-state index contributed by atoms with van der Waals surface area (Å²) in [5.74, 6) is 1.42. The molecule has 0 radical (unpaired) electrons. The molecule has 0 aliphatic heterocycles. The van der Waals surface area contributed by atoms with E-state index in [-0.39, 0.29) is 6.61 Å². The number of aliphatic hydroxyl groups is 1. The molecule has 1 heterocycles. The second-order valence-corrected chi connectivity index (χ2v) is 4.33. The van der Waals surface area contributed by atoms with E-state index < -0.39 is 0 Å². The van der Waals surface area contributed by atoms with E-state index in [0.717, 1.165) is 30.0 Å². The number of para-hydroxylation sites is 1. The first kappa shape index (κ1) is 14.4. The van der Waals surface area contributed by atoms with Crippen LogP contribution in [0.25, 0.3) is 11.4 Å². The predicted octanol–water partition coefficient (Wildman–Crippen LogP) is 1.62. The van der Waals surface area contributed by atoms with E-state index in [9.17, 15) is 0 Å². The lowest BCUT2D eigenvalue weighted by atomic mass is 10.2. The third-order valence-electron chi connectivity index (χ3n) is 2.88. The van der Waals surface area contributed by atoms with Crippen molar-refractivity contribution in [3.05, 3.63) is 42.2 Å². The van der Waals surface area contributed by atoms with Gasteiger partial charge in [0.15, 0.2) is 5.82 Å². The maximum absolute atomic E-state index is 8.73. The molecule has 0 spiro atoms. The molecule has 5 nitrogen and oxygen atoms in total. The summed E-state index contributed by atoms with van der Waals surface area (Å²) in [6.45, 7) is 1.62. The minimum atomic E-state index is 0.198. The van der Waals surface area contributed by atoms with Crippen LogP contribution >= 0.6 is 0 Å². The Morgan fingerprint density at radius 1 is 1.25 bits per heavy atom. The van der Waals surface area contributed by atoms with Crippen molar-refractivity contribution in [1.29, 1.82) is 0 Å². The van der Waals surface area contributed by atoms with Gasteiger partial charge in [-0.1, -0.05) is 12.1 Å². The number of rotatable bonds is 7. The highest BCUT2D eigenvalue weighted by atomic mass is 16.5. The van der Waals surface area contributed by atoms with Crippen LogP contribution < -0.4 is 10.1 Å². The molecule has 0 atom stereocenters. The summed E-state index contributed by atoms with van der Waals surface area (Å²) in [6, 6.07) is 9.57. The third kappa shape index (κ3) is 3.76. The molecule has 0 saturated carbocycles. The number of ether oxygens (including phenoxy) is 1. The monoisotopic (exact) mass is 273 g/mol. The largest absolute Gasteiger partial charge is 0.496 e. The summed E-state index contributed by atoms with van der Waals surface area (Å²) in [5.41, 5.74) is 1.80. The molecule has 2 aromatic rings. The number of benzene rings is 1.